The molecular formula is C30H26N4O3. The largest absolute Gasteiger partial charge is 0.350 e. The van der Waals surface area contributed by atoms with Gasteiger partial charge in [0.05, 0.1) is 17.2 Å². The van der Waals surface area contributed by atoms with Gasteiger partial charge in [0.25, 0.3) is 5.69 Å². The fraction of sp³-hybridized carbons (Fsp3) is 0.133. The number of hydrogen-bond donors (Lipinski definition) is 1. The van der Waals surface area contributed by atoms with E-state index in [1.165, 1.54) is 6.07 Å². The fourth-order valence-corrected chi connectivity index (χ4v) is 4.66. The maximum absolute atomic E-state index is 13.1. The summed E-state index contributed by atoms with van der Waals surface area (Å²) in [5.41, 5.74) is 4.67. The van der Waals surface area contributed by atoms with Crippen LogP contribution in [-0.4, -0.2) is 20.4 Å². The Labute approximate surface area is 214 Å². The highest BCUT2D eigenvalue weighted by atomic mass is 16.6. The number of pyridine rings is 1. The second-order valence-electron chi connectivity index (χ2n) is 8.92. The molecule has 0 aliphatic heterocycles. The van der Waals surface area contributed by atoms with Gasteiger partial charge in [-0.2, -0.15) is 0 Å². The SMILES string of the molecule is O=C(CC(c1ccccc1)c1cn(Cc2ccccc2)c2ccc([N+](=O)[O-])cc12)NCc1ccccn1. The minimum absolute atomic E-state index is 0.0256. The van der Waals surface area contributed by atoms with Crippen LogP contribution in [0.2, 0.25) is 0 Å². The molecule has 0 radical (unpaired) electrons. The van der Waals surface area contributed by atoms with Crippen LogP contribution < -0.4 is 5.32 Å². The molecule has 0 aliphatic carbocycles. The van der Waals surface area contributed by atoms with Gasteiger partial charge in [0.15, 0.2) is 0 Å². The molecule has 7 nitrogen and oxygen atoms in total. The number of non-ortho nitro benzene ring substituents is 1. The Hall–Kier alpha value is -4.78. The van der Waals surface area contributed by atoms with E-state index in [0.717, 1.165) is 33.3 Å². The Morgan fingerprint density at radius 2 is 1.68 bits per heavy atom. The molecule has 0 spiro atoms. The first-order chi connectivity index (χ1) is 18.1. The summed E-state index contributed by atoms with van der Waals surface area (Å²) in [7, 11) is 0. The zero-order chi connectivity index (χ0) is 25.6. The van der Waals surface area contributed by atoms with Crippen molar-refractivity contribution in [3.63, 3.8) is 0 Å². The molecule has 1 amide bonds. The van der Waals surface area contributed by atoms with Crippen LogP contribution in [0.5, 0.6) is 0 Å². The Bertz CT molecular complexity index is 1520. The van der Waals surface area contributed by atoms with Crippen LogP contribution in [-0.2, 0) is 17.9 Å². The number of carbonyl (C=O) groups excluding carboxylic acids is 1. The molecule has 5 aromatic rings. The van der Waals surface area contributed by atoms with Gasteiger partial charge in [-0.15, -0.1) is 0 Å². The average Bonchev–Trinajstić information content (AvgIpc) is 3.29. The van der Waals surface area contributed by atoms with Gasteiger partial charge in [0.1, 0.15) is 0 Å². The lowest BCUT2D eigenvalue weighted by molar-refractivity contribution is -0.384. The lowest BCUT2D eigenvalue weighted by atomic mass is 9.88. The molecule has 3 aromatic carbocycles. The van der Waals surface area contributed by atoms with E-state index in [1.54, 1.807) is 18.3 Å². The molecule has 7 heteroatoms. The number of nitrogens with one attached hydrogen (secondary N) is 1. The molecule has 0 aliphatic rings. The summed E-state index contributed by atoms with van der Waals surface area (Å²) in [4.78, 5) is 28.6. The molecule has 1 atom stereocenters. The number of nitrogens with zero attached hydrogens (tertiary/aromatic N) is 3. The Morgan fingerprint density at radius 1 is 0.946 bits per heavy atom. The maximum Gasteiger partial charge on any atom is 0.270 e. The summed E-state index contributed by atoms with van der Waals surface area (Å²) in [6, 6.07) is 30.4. The summed E-state index contributed by atoms with van der Waals surface area (Å²) < 4.78 is 2.10. The number of rotatable bonds is 9. The lowest BCUT2D eigenvalue weighted by Crippen LogP contribution is -2.25. The normalized spacial score (nSPS) is 11.8. The smallest absolute Gasteiger partial charge is 0.270 e. The van der Waals surface area contributed by atoms with Crippen LogP contribution in [0.3, 0.4) is 0 Å². The summed E-state index contributed by atoms with van der Waals surface area (Å²) in [5.74, 6) is -0.402. The summed E-state index contributed by atoms with van der Waals surface area (Å²) in [6.07, 6.45) is 3.93. The molecule has 0 saturated heterocycles. The molecule has 184 valence electrons. The third-order valence-corrected chi connectivity index (χ3v) is 6.46. The van der Waals surface area contributed by atoms with E-state index >= 15 is 0 Å². The number of benzene rings is 3. The van der Waals surface area contributed by atoms with Gasteiger partial charge < -0.3 is 9.88 Å². The van der Waals surface area contributed by atoms with Crippen LogP contribution in [0.1, 0.15) is 34.7 Å². The van der Waals surface area contributed by atoms with E-state index in [0.29, 0.717) is 13.1 Å². The van der Waals surface area contributed by atoms with E-state index in [-0.39, 0.29) is 28.9 Å². The minimum atomic E-state index is -0.380. The van der Waals surface area contributed by atoms with Crippen molar-refractivity contribution in [2.75, 3.05) is 0 Å². The van der Waals surface area contributed by atoms with Gasteiger partial charge in [-0.1, -0.05) is 66.7 Å². The molecule has 2 aromatic heterocycles. The zero-order valence-corrected chi connectivity index (χ0v) is 20.2. The number of fused-ring (bicyclic) bond motifs is 1. The molecular weight excluding hydrogens is 464 g/mol. The molecule has 5 rings (SSSR count). The predicted octanol–water partition coefficient (Wildman–Crippen LogP) is 5.83. The van der Waals surface area contributed by atoms with Gasteiger partial charge in [0.2, 0.25) is 5.91 Å². The van der Waals surface area contributed by atoms with Crippen molar-refractivity contribution >= 4 is 22.5 Å². The van der Waals surface area contributed by atoms with Gasteiger partial charge in [0, 0.05) is 54.3 Å². The molecule has 1 unspecified atom stereocenters. The van der Waals surface area contributed by atoms with Gasteiger partial charge in [-0.25, -0.2) is 0 Å². The maximum atomic E-state index is 13.1. The zero-order valence-electron chi connectivity index (χ0n) is 20.2. The third-order valence-electron chi connectivity index (χ3n) is 6.46. The Kier molecular flexibility index (Phi) is 7.03. The van der Waals surface area contributed by atoms with Crippen LogP contribution >= 0.6 is 0 Å². The highest BCUT2D eigenvalue weighted by molar-refractivity contribution is 5.88. The molecule has 2 heterocycles. The van der Waals surface area contributed by atoms with Gasteiger partial charge in [-0.05, 0) is 34.9 Å². The lowest BCUT2D eigenvalue weighted by Gasteiger charge is -2.17. The van der Waals surface area contributed by atoms with E-state index in [4.69, 9.17) is 0 Å². The minimum Gasteiger partial charge on any atom is -0.350 e. The van der Waals surface area contributed by atoms with Crippen molar-refractivity contribution in [3.8, 4) is 0 Å². The summed E-state index contributed by atoms with van der Waals surface area (Å²) >= 11 is 0. The Balaban J connectivity index is 1.54. The third kappa shape index (κ3) is 5.56. The van der Waals surface area contributed by atoms with Crippen molar-refractivity contribution in [1.82, 2.24) is 14.9 Å². The van der Waals surface area contributed by atoms with E-state index in [9.17, 15) is 14.9 Å². The first-order valence-electron chi connectivity index (χ1n) is 12.1. The van der Waals surface area contributed by atoms with Crippen molar-refractivity contribution in [3.05, 3.63) is 142 Å². The van der Waals surface area contributed by atoms with E-state index in [2.05, 4.69) is 27.0 Å². The quantitative estimate of drug-likeness (QED) is 0.208. The standard InChI is InChI=1S/C30H26N4O3/c35-30(32-19-24-13-7-8-16-31-24)18-26(23-11-5-2-6-12-23)28-21-33(20-22-9-3-1-4-10-22)29-15-14-25(34(36)37)17-27(28)29/h1-17,21,26H,18-20H2,(H,32,35). The molecule has 1 N–H and O–H groups in total. The first kappa shape index (κ1) is 23.9. The second-order valence-corrected chi connectivity index (χ2v) is 8.92. The van der Waals surface area contributed by atoms with Gasteiger partial charge >= 0.3 is 0 Å². The molecule has 37 heavy (non-hydrogen) atoms. The first-order valence-corrected chi connectivity index (χ1v) is 12.1. The number of hydrogen-bond acceptors (Lipinski definition) is 4. The van der Waals surface area contributed by atoms with Crippen LogP contribution in [0, 0.1) is 10.1 Å². The number of amides is 1. The van der Waals surface area contributed by atoms with E-state index < -0.39 is 0 Å². The number of carbonyl (C=O) groups is 1. The average molecular weight is 491 g/mol. The van der Waals surface area contributed by atoms with Crippen molar-refractivity contribution in [1.29, 1.82) is 0 Å². The molecule has 0 saturated carbocycles. The number of nitro benzene ring substituents is 1. The second kappa shape index (κ2) is 10.9. The molecule has 0 fully saturated rings. The fourth-order valence-electron chi connectivity index (χ4n) is 4.66. The van der Waals surface area contributed by atoms with Gasteiger partial charge in [-0.3, -0.25) is 19.9 Å². The highest BCUT2D eigenvalue weighted by Gasteiger charge is 2.24. The monoisotopic (exact) mass is 490 g/mol. The van der Waals surface area contributed by atoms with E-state index in [1.807, 2.05) is 72.9 Å². The van der Waals surface area contributed by atoms with Crippen molar-refractivity contribution in [2.24, 2.45) is 0 Å². The predicted molar refractivity (Wildman–Crippen MR) is 143 cm³/mol. The molecule has 0 bridgehead atoms. The van der Waals surface area contributed by atoms with Crippen LogP contribution in [0.4, 0.5) is 5.69 Å². The highest BCUT2D eigenvalue weighted by Crippen LogP contribution is 2.36. The number of aromatic nitrogens is 2. The van der Waals surface area contributed by atoms with Crippen LogP contribution in [0.15, 0.2) is 109 Å². The topological polar surface area (TPSA) is 90.1 Å². The summed E-state index contributed by atoms with van der Waals surface area (Å²) in [5, 5.41) is 15.4. The summed E-state index contributed by atoms with van der Waals surface area (Å²) in [6.45, 7) is 0.949. The Morgan fingerprint density at radius 3 is 2.38 bits per heavy atom. The van der Waals surface area contributed by atoms with Crippen LogP contribution in [0.25, 0.3) is 10.9 Å². The van der Waals surface area contributed by atoms with Crippen molar-refractivity contribution in [2.45, 2.75) is 25.4 Å². The van der Waals surface area contributed by atoms with Crippen molar-refractivity contribution < 1.29 is 9.72 Å². The number of nitro groups is 1.